The predicted octanol–water partition coefficient (Wildman–Crippen LogP) is 4.49. The van der Waals surface area contributed by atoms with Crippen molar-refractivity contribution >= 4 is 35.0 Å². The molecule has 106 valence electrons. The molecular weight excluding hydrogens is 315 g/mol. The van der Waals surface area contributed by atoms with Crippen LogP contribution in [0.2, 0.25) is 10.0 Å². The number of aromatic amines is 1. The van der Waals surface area contributed by atoms with Crippen LogP contribution >= 0.6 is 35.0 Å². The highest BCUT2D eigenvalue weighted by Crippen LogP contribution is 2.27. The van der Waals surface area contributed by atoms with Gasteiger partial charge in [0, 0.05) is 21.9 Å². The number of thioether (sulfide) groups is 1. The van der Waals surface area contributed by atoms with Crippen LogP contribution in [0.1, 0.15) is 31.0 Å². The minimum absolute atomic E-state index is 0.131. The molecule has 0 atom stereocenters. The largest absolute Gasteiger partial charge is 0.301 e. The highest BCUT2D eigenvalue weighted by molar-refractivity contribution is 7.98. The zero-order chi connectivity index (χ0) is 14.7. The third-order valence-corrected chi connectivity index (χ3v) is 4.22. The average Bonchev–Trinajstić information content (AvgIpc) is 2.37. The molecule has 1 aromatic heterocycles. The standard InChI is InChI=1S/C14H14Cl2N2OS/c1-8(2)12-6-13(19)18-14(17-12)20-7-9-3-4-10(15)5-11(9)16/h3-6,8H,7H2,1-2H3,(H,17,18,19). The van der Waals surface area contributed by atoms with Gasteiger partial charge in [-0.15, -0.1) is 0 Å². The summed E-state index contributed by atoms with van der Waals surface area (Å²) in [5, 5.41) is 1.83. The van der Waals surface area contributed by atoms with Gasteiger partial charge >= 0.3 is 0 Å². The molecule has 3 nitrogen and oxygen atoms in total. The summed E-state index contributed by atoms with van der Waals surface area (Å²) in [5.74, 6) is 0.844. The van der Waals surface area contributed by atoms with Crippen molar-refractivity contribution in [3.63, 3.8) is 0 Å². The number of H-pyrrole nitrogens is 1. The zero-order valence-electron chi connectivity index (χ0n) is 11.1. The van der Waals surface area contributed by atoms with Crippen LogP contribution in [0.3, 0.4) is 0 Å². The van der Waals surface area contributed by atoms with Crippen molar-refractivity contribution in [1.29, 1.82) is 0 Å². The van der Waals surface area contributed by atoms with E-state index < -0.39 is 0 Å². The second-order valence-electron chi connectivity index (χ2n) is 4.65. The Morgan fingerprint density at radius 1 is 1.30 bits per heavy atom. The number of nitrogens with zero attached hydrogens (tertiary/aromatic N) is 1. The number of aromatic nitrogens is 2. The average molecular weight is 329 g/mol. The van der Waals surface area contributed by atoms with Crippen LogP contribution in [0.5, 0.6) is 0 Å². The Kier molecular flexibility index (Phi) is 5.13. The first-order chi connectivity index (χ1) is 9.45. The van der Waals surface area contributed by atoms with E-state index in [1.807, 2.05) is 19.9 Å². The molecule has 0 unspecified atom stereocenters. The number of benzene rings is 1. The summed E-state index contributed by atoms with van der Waals surface area (Å²) in [7, 11) is 0. The van der Waals surface area contributed by atoms with E-state index >= 15 is 0 Å². The van der Waals surface area contributed by atoms with Gasteiger partial charge in [-0.3, -0.25) is 4.79 Å². The maximum atomic E-state index is 11.6. The Morgan fingerprint density at radius 3 is 2.70 bits per heavy atom. The molecule has 0 aliphatic heterocycles. The van der Waals surface area contributed by atoms with Crippen molar-refractivity contribution in [3.05, 3.63) is 55.9 Å². The number of halogens is 2. The van der Waals surface area contributed by atoms with Gasteiger partial charge in [0.15, 0.2) is 5.16 Å². The number of nitrogens with one attached hydrogen (secondary N) is 1. The molecular formula is C14H14Cl2N2OS. The highest BCUT2D eigenvalue weighted by Gasteiger charge is 2.07. The van der Waals surface area contributed by atoms with E-state index in [4.69, 9.17) is 23.2 Å². The normalized spacial score (nSPS) is 11.1. The number of hydrogen-bond donors (Lipinski definition) is 1. The second kappa shape index (κ2) is 6.66. The third kappa shape index (κ3) is 4.01. The molecule has 2 rings (SSSR count). The van der Waals surface area contributed by atoms with Gasteiger partial charge in [-0.05, 0) is 23.6 Å². The molecule has 0 spiro atoms. The maximum Gasteiger partial charge on any atom is 0.251 e. The molecule has 6 heteroatoms. The molecule has 2 aromatic rings. The quantitative estimate of drug-likeness (QED) is 0.664. The van der Waals surface area contributed by atoms with E-state index in [0.29, 0.717) is 21.0 Å². The van der Waals surface area contributed by atoms with Gasteiger partial charge in [-0.25, -0.2) is 4.98 Å². The maximum absolute atomic E-state index is 11.6. The van der Waals surface area contributed by atoms with Crippen LogP contribution < -0.4 is 5.56 Å². The zero-order valence-corrected chi connectivity index (χ0v) is 13.4. The van der Waals surface area contributed by atoms with Crippen molar-refractivity contribution in [1.82, 2.24) is 9.97 Å². The Morgan fingerprint density at radius 2 is 2.05 bits per heavy atom. The van der Waals surface area contributed by atoms with Gasteiger partial charge in [-0.1, -0.05) is 54.9 Å². The van der Waals surface area contributed by atoms with E-state index in [1.54, 1.807) is 12.1 Å². The van der Waals surface area contributed by atoms with Gasteiger partial charge in [-0.2, -0.15) is 0 Å². The van der Waals surface area contributed by atoms with Gasteiger partial charge in [0.1, 0.15) is 0 Å². The van der Waals surface area contributed by atoms with E-state index in [-0.39, 0.29) is 11.5 Å². The van der Waals surface area contributed by atoms with Crippen molar-refractivity contribution in [2.75, 3.05) is 0 Å². The van der Waals surface area contributed by atoms with E-state index in [1.165, 1.54) is 17.8 Å². The third-order valence-electron chi connectivity index (χ3n) is 2.71. The van der Waals surface area contributed by atoms with Crippen LogP contribution in [0, 0.1) is 0 Å². The molecule has 0 saturated carbocycles. The lowest BCUT2D eigenvalue weighted by molar-refractivity contribution is 0.769. The Labute approximate surface area is 131 Å². The molecule has 1 aromatic carbocycles. The van der Waals surface area contributed by atoms with Gasteiger partial charge < -0.3 is 4.98 Å². The van der Waals surface area contributed by atoms with Crippen LogP contribution in [-0.4, -0.2) is 9.97 Å². The summed E-state index contributed by atoms with van der Waals surface area (Å²) >= 11 is 13.4. The lowest BCUT2D eigenvalue weighted by Crippen LogP contribution is -2.10. The Bertz CT molecular complexity index is 670. The minimum atomic E-state index is -0.131. The summed E-state index contributed by atoms with van der Waals surface area (Å²) in [6, 6.07) is 6.91. The summed E-state index contributed by atoms with van der Waals surface area (Å²) in [5.41, 5.74) is 1.62. The van der Waals surface area contributed by atoms with Gasteiger partial charge in [0.05, 0.1) is 5.69 Å². The summed E-state index contributed by atoms with van der Waals surface area (Å²) in [6.45, 7) is 4.01. The highest BCUT2D eigenvalue weighted by atomic mass is 35.5. The van der Waals surface area contributed by atoms with Crippen molar-refractivity contribution in [3.8, 4) is 0 Å². The van der Waals surface area contributed by atoms with E-state index in [2.05, 4.69) is 9.97 Å². The Balaban J connectivity index is 2.16. The second-order valence-corrected chi connectivity index (χ2v) is 6.46. The first-order valence-electron chi connectivity index (χ1n) is 6.13. The van der Waals surface area contributed by atoms with E-state index in [9.17, 15) is 4.79 Å². The molecule has 0 bridgehead atoms. The summed E-state index contributed by atoms with van der Waals surface area (Å²) in [4.78, 5) is 18.8. The van der Waals surface area contributed by atoms with Gasteiger partial charge in [0.2, 0.25) is 0 Å². The van der Waals surface area contributed by atoms with Crippen LogP contribution in [0.25, 0.3) is 0 Å². The fourth-order valence-corrected chi connectivity index (χ4v) is 3.04. The SMILES string of the molecule is CC(C)c1cc(=O)[nH]c(SCc2ccc(Cl)cc2Cl)n1. The predicted molar refractivity (Wildman–Crippen MR) is 85.0 cm³/mol. The molecule has 0 fully saturated rings. The lowest BCUT2D eigenvalue weighted by atomic mass is 10.1. The number of hydrogen-bond acceptors (Lipinski definition) is 3. The molecule has 1 heterocycles. The van der Waals surface area contributed by atoms with Crippen LogP contribution in [0.15, 0.2) is 34.2 Å². The molecule has 0 radical (unpaired) electrons. The minimum Gasteiger partial charge on any atom is -0.301 e. The first kappa shape index (κ1) is 15.4. The van der Waals surface area contributed by atoms with Crippen LogP contribution in [0.4, 0.5) is 0 Å². The molecule has 0 saturated heterocycles. The summed E-state index contributed by atoms with van der Waals surface area (Å²) < 4.78 is 0. The van der Waals surface area contributed by atoms with Crippen molar-refractivity contribution in [2.24, 2.45) is 0 Å². The summed E-state index contributed by atoms with van der Waals surface area (Å²) in [6.07, 6.45) is 0. The monoisotopic (exact) mass is 328 g/mol. The van der Waals surface area contributed by atoms with Crippen molar-refractivity contribution in [2.45, 2.75) is 30.7 Å². The molecule has 0 aliphatic rings. The first-order valence-corrected chi connectivity index (χ1v) is 7.88. The smallest absolute Gasteiger partial charge is 0.251 e. The topological polar surface area (TPSA) is 45.8 Å². The molecule has 20 heavy (non-hydrogen) atoms. The molecule has 0 aliphatic carbocycles. The fourth-order valence-electron chi connectivity index (χ4n) is 1.60. The fraction of sp³-hybridized carbons (Fsp3) is 0.286. The van der Waals surface area contributed by atoms with Gasteiger partial charge in [0.25, 0.3) is 5.56 Å². The lowest BCUT2D eigenvalue weighted by Gasteiger charge is -2.07. The van der Waals surface area contributed by atoms with E-state index in [0.717, 1.165) is 11.3 Å². The molecule has 1 N–H and O–H groups in total. The number of rotatable bonds is 4. The Hall–Kier alpha value is -0.970. The van der Waals surface area contributed by atoms with Crippen molar-refractivity contribution < 1.29 is 0 Å². The molecule has 0 amide bonds. The van der Waals surface area contributed by atoms with Crippen LogP contribution in [-0.2, 0) is 5.75 Å².